The minimum Gasteiger partial charge on any atom is -0.279 e. The van der Waals surface area contributed by atoms with Gasteiger partial charge in [-0.05, 0) is 60.2 Å². The smallest absolute Gasteiger partial charge is 0.261 e. The lowest BCUT2D eigenvalue weighted by atomic mass is 9.87. The molecule has 0 aliphatic rings. The summed E-state index contributed by atoms with van der Waals surface area (Å²) in [6.07, 6.45) is 0.500. The van der Waals surface area contributed by atoms with Gasteiger partial charge in [0.1, 0.15) is 0 Å². The molecule has 0 saturated heterocycles. The van der Waals surface area contributed by atoms with Gasteiger partial charge in [0.2, 0.25) is 0 Å². The van der Waals surface area contributed by atoms with Gasteiger partial charge < -0.3 is 0 Å². The van der Waals surface area contributed by atoms with Crippen LogP contribution in [0.15, 0.2) is 51.8 Å². The van der Waals surface area contributed by atoms with Crippen LogP contribution >= 0.6 is 15.9 Å². The second kappa shape index (κ2) is 6.65. The minimum absolute atomic E-state index is 0.0114. The Kier molecular flexibility index (Phi) is 5.21. The molecule has 0 heterocycles. The number of sulfonamides is 1. The van der Waals surface area contributed by atoms with E-state index in [0.29, 0.717) is 12.1 Å². The molecule has 123 valence electrons. The van der Waals surface area contributed by atoms with Crippen LogP contribution < -0.4 is 4.72 Å². The van der Waals surface area contributed by atoms with Crippen molar-refractivity contribution in [1.82, 2.24) is 0 Å². The van der Waals surface area contributed by atoms with Crippen LogP contribution in [0, 0.1) is 6.92 Å². The Morgan fingerprint density at radius 1 is 1.09 bits per heavy atom. The number of hydrogen-bond donors (Lipinski definition) is 1. The first kappa shape index (κ1) is 18.0. The van der Waals surface area contributed by atoms with Crippen LogP contribution in [0.3, 0.4) is 0 Å². The summed E-state index contributed by atoms with van der Waals surface area (Å²) in [5, 5.41) is 0. The van der Waals surface area contributed by atoms with Gasteiger partial charge in [0.15, 0.2) is 0 Å². The lowest BCUT2D eigenvalue weighted by Gasteiger charge is -2.19. The third-order valence-corrected chi connectivity index (χ3v) is 5.49. The molecule has 23 heavy (non-hydrogen) atoms. The van der Waals surface area contributed by atoms with Crippen LogP contribution in [0.4, 0.5) is 5.69 Å². The van der Waals surface area contributed by atoms with Gasteiger partial charge in [-0.15, -0.1) is 0 Å². The second-order valence-corrected chi connectivity index (χ2v) is 9.03. The van der Waals surface area contributed by atoms with Gasteiger partial charge in [-0.2, -0.15) is 0 Å². The van der Waals surface area contributed by atoms with E-state index in [1.54, 1.807) is 24.3 Å². The Hall–Kier alpha value is -1.33. The van der Waals surface area contributed by atoms with E-state index < -0.39 is 10.0 Å². The number of halogens is 1. The zero-order valence-corrected chi connectivity index (χ0v) is 16.0. The summed E-state index contributed by atoms with van der Waals surface area (Å²) in [6, 6.07) is 12.4. The van der Waals surface area contributed by atoms with Crippen molar-refractivity contribution in [2.75, 3.05) is 4.72 Å². The highest BCUT2D eigenvalue weighted by Gasteiger charge is 2.18. The maximum atomic E-state index is 12.6. The molecule has 0 amide bonds. The molecule has 0 aliphatic heterocycles. The molecule has 0 spiro atoms. The maximum absolute atomic E-state index is 12.6. The molecule has 5 heteroatoms. The van der Waals surface area contributed by atoms with Crippen LogP contribution in [-0.2, 0) is 21.9 Å². The molecule has 3 nitrogen and oxygen atoms in total. The molecular formula is C18H21BrNO2S. The van der Waals surface area contributed by atoms with Crippen molar-refractivity contribution in [2.24, 2.45) is 0 Å². The van der Waals surface area contributed by atoms with E-state index in [4.69, 9.17) is 0 Å². The van der Waals surface area contributed by atoms with Gasteiger partial charge in [0, 0.05) is 4.47 Å². The number of rotatable bonds is 4. The average molecular weight is 395 g/mol. The number of nitrogens with one attached hydrogen (secondary N) is 1. The van der Waals surface area contributed by atoms with E-state index in [2.05, 4.69) is 48.3 Å². The molecule has 2 aromatic carbocycles. The van der Waals surface area contributed by atoms with E-state index >= 15 is 0 Å². The van der Waals surface area contributed by atoms with Gasteiger partial charge in [-0.3, -0.25) is 4.72 Å². The number of anilines is 1. The second-order valence-electron chi connectivity index (χ2n) is 6.43. The Balaban J connectivity index is 2.32. The Bertz CT molecular complexity index is 791. The first-order valence-electron chi connectivity index (χ1n) is 7.34. The van der Waals surface area contributed by atoms with Gasteiger partial charge in [-0.1, -0.05) is 48.8 Å². The van der Waals surface area contributed by atoms with Crippen molar-refractivity contribution in [3.05, 3.63) is 65.0 Å². The highest BCUT2D eigenvalue weighted by atomic mass is 79.9. The molecule has 2 rings (SSSR count). The highest BCUT2D eigenvalue weighted by molar-refractivity contribution is 9.10. The van der Waals surface area contributed by atoms with Crippen molar-refractivity contribution in [3.63, 3.8) is 0 Å². The topological polar surface area (TPSA) is 46.2 Å². The standard InChI is InChI=1S/C18H21BrNO2S/c1-5-13-12-15(19)8-11-17(13)20-23(21,22)16-9-6-14(7-10-16)18(2,3)4/h6-12,20H,1,5H2,2-4H3. The molecule has 0 atom stereocenters. The SMILES string of the molecule is [CH2]Cc1cc(Br)ccc1NS(=O)(=O)c1ccc(C(C)(C)C)cc1. The van der Waals surface area contributed by atoms with E-state index in [0.717, 1.165) is 15.6 Å². The fraction of sp³-hybridized carbons (Fsp3) is 0.278. The molecule has 0 aliphatic carbocycles. The quantitative estimate of drug-likeness (QED) is 0.799. The van der Waals surface area contributed by atoms with Crippen LogP contribution in [0.25, 0.3) is 0 Å². The predicted molar refractivity (Wildman–Crippen MR) is 99.2 cm³/mol. The van der Waals surface area contributed by atoms with Crippen molar-refractivity contribution < 1.29 is 8.42 Å². The van der Waals surface area contributed by atoms with Crippen LogP contribution in [0.1, 0.15) is 31.9 Å². The van der Waals surface area contributed by atoms with Gasteiger partial charge >= 0.3 is 0 Å². The maximum Gasteiger partial charge on any atom is 0.261 e. The van der Waals surface area contributed by atoms with Gasteiger partial charge in [0.25, 0.3) is 10.0 Å². The molecule has 0 fully saturated rings. The summed E-state index contributed by atoms with van der Waals surface area (Å²) in [6.45, 7) is 10.1. The molecule has 1 radical (unpaired) electrons. The van der Waals surface area contributed by atoms with Crippen molar-refractivity contribution in [3.8, 4) is 0 Å². The molecule has 0 unspecified atom stereocenters. The summed E-state index contributed by atoms with van der Waals surface area (Å²) in [7, 11) is -3.61. The molecule has 1 N–H and O–H groups in total. The summed E-state index contributed by atoms with van der Waals surface area (Å²) in [5.41, 5.74) is 2.48. The molecule has 0 bridgehead atoms. The van der Waals surface area contributed by atoms with E-state index in [-0.39, 0.29) is 10.3 Å². The highest BCUT2D eigenvalue weighted by Crippen LogP contribution is 2.26. The van der Waals surface area contributed by atoms with Crippen molar-refractivity contribution in [1.29, 1.82) is 0 Å². The Morgan fingerprint density at radius 2 is 1.70 bits per heavy atom. The lowest BCUT2D eigenvalue weighted by molar-refractivity contribution is 0.587. The number of benzene rings is 2. The fourth-order valence-corrected chi connectivity index (χ4v) is 3.72. The zero-order valence-electron chi connectivity index (χ0n) is 13.6. The summed E-state index contributed by atoms with van der Waals surface area (Å²) in [4.78, 5) is 0.253. The lowest BCUT2D eigenvalue weighted by Crippen LogP contribution is -2.15. The van der Waals surface area contributed by atoms with Gasteiger partial charge in [0.05, 0.1) is 10.6 Å². The molecular weight excluding hydrogens is 374 g/mol. The Morgan fingerprint density at radius 3 is 2.22 bits per heavy atom. The third kappa shape index (κ3) is 4.36. The van der Waals surface area contributed by atoms with Crippen molar-refractivity contribution >= 4 is 31.6 Å². The molecule has 2 aromatic rings. The monoisotopic (exact) mass is 394 g/mol. The van der Waals surface area contributed by atoms with Crippen LogP contribution in [0.5, 0.6) is 0 Å². The van der Waals surface area contributed by atoms with Gasteiger partial charge in [-0.25, -0.2) is 8.42 Å². The number of hydrogen-bond acceptors (Lipinski definition) is 2. The third-order valence-electron chi connectivity index (χ3n) is 3.61. The van der Waals surface area contributed by atoms with Crippen LogP contribution in [-0.4, -0.2) is 8.42 Å². The first-order chi connectivity index (χ1) is 10.6. The van der Waals surface area contributed by atoms with Crippen LogP contribution in [0.2, 0.25) is 0 Å². The normalized spacial score (nSPS) is 12.2. The zero-order chi connectivity index (χ0) is 17.3. The summed E-state index contributed by atoms with van der Waals surface area (Å²) >= 11 is 3.38. The van der Waals surface area contributed by atoms with E-state index in [9.17, 15) is 8.42 Å². The first-order valence-corrected chi connectivity index (χ1v) is 9.62. The molecule has 0 saturated carbocycles. The summed E-state index contributed by atoms with van der Waals surface area (Å²) in [5.74, 6) is 0. The molecule has 0 aromatic heterocycles. The Labute approximate surface area is 147 Å². The summed E-state index contributed by atoms with van der Waals surface area (Å²) < 4.78 is 28.7. The average Bonchev–Trinajstić information content (AvgIpc) is 2.48. The van der Waals surface area contributed by atoms with E-state index in [1.165, 1.54) is 0 Å². The predicted octanol–water partition coefficient (Wildman–Crippen LogP) is 4.92. The fourth-order valence-electron chi connectivity index (χ4n) is 2.21. The van der Waals surface area contributed by atoms with Crippen molar-refractivity contribution in [2.45, 2.75) is 37.5 Å². The van der Waals surface area contributed by atoms with E-state index in [1.807, 2.05) is 18.2 Å². The largest absolute Gasteiger partial charge is 0.279 e. The minimum atomic E-state index is -3.61.